The lowest BCUT2D eigenvalue weighted by molar-refractivity contribution is -0.114. The summed E-state index contributed by atoms with van der Waals surface area (Å²) in [5.74, 6) is 0.302. The van der Waals surface area contributed by atoms with Crippen molar-refractivity contribution in [3.8, 4) is 11.1 Å². The van der Waals surface area contributed by atoms with Crippen LogP contribution in [0.5, 0.6) is 0 Å². The fourth-order valence-corrected chi connectivity index (χ4v) is 4.83. The molecule has 1 atom stereocenters. The van der Waals surface area contributed by atoms with Gasteiger partial charge in [-0.25, -0.2) is 4.98 Å². The molecule has 0 aromatic carbocycles. The average molecular weight is 398 g/mol. The van der Waals surface area contributed by atoms with Crippen molar-refractivity contribution in [3.05, 3.63) is 45.8 Å². The van der Waals surface area contributed by atoms with Crippen LogP contribution in [0.15, 0.2) is 35.4 Å². The molecule has 1 aliphatic heterocycles. The lowest BCUT2D eigenvalue weighted by Gasteiger charge is -2.12. The normalized spacial score (nSPS) is 17.3. The number of aliphatic hydroxyl groups is 1. The van der Waals surface area contributed by atoms with Gasteiger partial charge in [0.1, 0.15) is 5.82 Å². The first kappa shape index (κ1) is 18.8. The van der Waals surface area contributed by atoms with Crippen LogP contribution in [0.4, 0.5) is 5.82 Å². The van der Waals surface area contributed by atoms with Gasteiger partial charge in [0.05, 0.1) is 11.5 Å². The van der Waals surface area contributed by atoms with Crippen molar-refractivity contribution >= 4 is 33.1 Å². The number of nitrogens with zero attached hydrogens (tertiary/aromatic N) is 3. The molecule has 2 N–H and O–H groups in total. The van der Waals surface area contributed by atoms with Gasteiger partial charge in [-0.1, -0.05) is 0 Å². The second-order valence-corrected chi connectivity index (χ2v) is 8.34. The quantitative estimate of drug-likeness (QED) is 0.703. The standard InChI is InChI=1S/C20H22N4O3S/c1-12(25)22-18-7-13(3-5-21-18)17-11-23(2)20(27)16-8-15(28-19(16)17)10-24-6-4-14(26)9-24/h3,5,7-8,11,14,26H,4,6,9-10H2,1-2H3,(H,21,22,25)/t14-/m1/s1. The van der Waals surface area contributed by atoms with Gasteiger partial charge in [0.15, 0.2) is 0 Å². The van der Waals surface area contributed by atoms with Crippen LogP contribution in [-0.4, -0.2) is 44.7 Å². The number of nitrogens with one attached hydrogen (secondary N) is 1. The van der Waals surface area contributed by atoms with Gasteiger partial charge in [-0.3, -0.25) is 14.5 Å². The number of amides is 1. The predicted octanol–water partition coefficient (Wildman–Crippen LogP) is 2.19. The van der Waals surface area contributed by atoms with Crippen LogP contribution < -0.4 is 10.9 Å². The molecular weight excluding hydrogens is 376 g/mol. The number of thiophene rings is 1. The van der Waals surface area contributed by atoms with Gasteiger partial charge >= 0.3 is 0 Å². The highest BCUT2D eigenvalue weighted by molar-refractivity contribution is 7.19. The van der Waals surface area contributed by atoms with Crippen LogP contribution in [0.1, 0.15) is 18.2 Å². The minimum Gasteiger partial charge on any atom is -0.392 e. The number of anilines is 1. The van der Waals surface area contributed by atoms with Crippen LogP contribution in [0.2, 0.25) is 0 Å². The van der Waals surface area contributed by atoms with E-state index < -0.39 is 0 Å². The molecule has 3 aromatic rings. The Morgan fingerprint density at radius 2 is 2.25 bits per heavy atom. The lowest BCUT2D eigenvalue weighted by atomic mass is 10.1. The van der Waals surface area contributed by atoms with Gasteiger partial charge in [-0.2, -0.15) is 0 Å². The molecule has 0 radical (unpaired) electrons. The van der Waals surface area contributed by atoms with Crippen molar-refractivity contribution in [3.63, 3.8) is 0 Å². The van der Waals surface area contributed by atoms with E-state index in [1.54, 1.807) is 29.1 Å². The molecule has 1 amide bonds. The maximum Gasteiger partial charge on any atom is 0.259 e. The number of aryl methyl sites for hydroxylation is 1. The molecule has 0 saturated carbocycles. The van der Waals surface area contributed by atoms with E-state index in [2.05, 4.69) is 15.2 Å². The van der Waals surface area contributed by atoms with Crippen LogP contribution in [0.25, 0.3) is 21.2 Å². The highest BCUT2D eigenvalue weighted by atomic mass is 32.1. The minimum atomic E-state index is -0.262. The van der Waals surface area contributed by atoms with Crippen LogP contribution in [0.3, 0.4) is 0 Å². The number of pyridine rings is 2. The minimum absolute atomic E-state index is 0.0288. The second-order valence-electron chi connectivity index (χ2n) is 7.20. The van der Waals surface area contributed by atoms with E-state index in [1.165, 1.54) is 6.92 Å². The smallest absolute Gasteiger partial charge is 0.259 e. The Hall–Kier alpha value is -2.55. The molecule has 7 nitrogen and oxygen atoms in total. The third kappa shape index (κ3) is 3.71. The molecule has 0 bridgehead atoms. The Morgan fingerprint density at radius 1 is 1.43 bits per heavy atom. The summed E-state index contributed by atoms with van der Waals surface area (Å²) in [6.45, 7) is 3.71. The van der Waals surface area contributed by atoms with E-state index in [0.29, 0.717) is 17.7 Å². The summed E-state index contributed by atoms with van der Waals surface area (Å²) >= 11 is 1.61. The van der Waals surface area contributed by atoms with E-state index in [1.807, 2.05) is 24.4 Å². The lowest BCUT2D eigenvalue weighted by Crippen LogP contribution is -2.20. The molecule has 1 saturated heterocycles. The second kappa shape index (κ2) is 7.46. The monoisotopic (exact) mass is 398 g/mol. The molecule has 8 heteroatoms. The molecular formula is C20H22N4O3S. The van der Waals surface area contributed by atoms with E-state index in [4.69, 9.17) is 0 Å². The average Bonchev–Trinajstić information content (AvgIpc) is 3.24. The topological polar surface area (TPSA) is 87.5 Å². The molecule has 0 unspecified atom stereocenters. The van der Waals surface area contributed by atoms with Gasteiger partial charge < -0.3 is 15.0 Å². The van der Waals surface area contributed by atoms with Crippen molar-refractivity contribution in [1.29, 1.82) is 0 Å². The maximum absolute atomic E-state index is 12.7. The largest absolute Gasteiger partial charge is 0.392 e. The Bertz CT molecular complexity index is 1100. The number of hydrogen-bond donors (Lipinski definition) is 2. The van der Waals surface area contributed by atoms with Gasteiger partial charge in [-0.15, -0.1) is 11.3 Å². The highest BCUT2D eigenvalue weighted by Crippen LogP contribution is 2.34. The van der Waals surface area contributed by atoms with Crippen molar-refractivity contribution < 1.29 is 9.90 Å². The molecule has 3 aromatic heterocycles. The summed E-state index contributed by atoms with van der Waals surface area (Å²) in [5.41, 5.74) is 1.80. The molecule has 146 valence electrons. The van der Waals surface area contributed by atoms with Gasteiger partial charge in [0, 0.05) is 61.1 Å². The molecule has 0 spiro atoms. The van der Waals surface area contributed by atoms with E-state index in [0.717, 1.165) is 40.2 Å². The van der Waals surface area contributed by atoms with Crippen LogP contribution in [-0.2, 0) is 18.4 Å². The summed E-state index contributed by atoms with van der Waals surface area (Å²) in [4.78, 5) is 31.5. The number of hydrogen-bond acceptors (Lipinski definition) is 6. The summed E-state index contributed by atoms with van der Waals surface area (Å²) in [7, 11) is 1.75. The van der Waals surface area contributed by atoms with Crippen LogP contribution >= 0.6 is 11.3 Å². The molecule has 4 rings (SSSR count). The van der Waals surface area contributed by atoms with Gasteiger partial charge in [0.2, 0.25) is 5.91 Å². The summed E-state index contributed by atoms with van der Waals surface area (Å²) in [6.07, 6.45) is 4.01. The SMILES string of the molecule is CC(=O)Nc1cc(-c2cn(C)c(=O)c3cc(CN4CC[C@@H](O)C4)sc23)ccn1. The van der Waals surface area contributed by atoms with Crippen molar-refractivity contribution in [2.24, 2.45) is 7.05 Å². The number of carbonyl (C=O) groups excluding carboxylic acids is 1. The molecule has 1 aliphatic rings. The van der Waals surface area contributed by atoms with Crippen molar-refractivity contribution in [2.45, 2.75) is 26.0 Å². The molecule has 1 fully saturated rings. The van der Waals surface area contributed by atoms with Crippen molar-refractivity contribution in [2.75, 3.05) is 18.4 Å². The third-order valence-corrected chi connectivity index (χ3v) is 6.06. The molecule has 28 heavy (non-hydrogen) atoms. The first-order chi connectivity index (χ1) is 13.4. The zero-order valence-electron chi connectivity index (χ0n) is 15.8. The summed E-state index contributed by atoms with van der Waals surface area (Å²) < 4.78 is 2.52. The molecule has 4 heterocycles. The maximum atomic E-state index is 12.7. The number of rotatable bonds is 4. The number of fused-ring (bicyclic) bond motifs is 1. The summed E-state index contributed by atoms with van der Waals surface area (Å²) in [5, 5.41) is 13.1. The van der Waals surface area contributed by atoms with E-state index in [9.17, 15) is 14.7 Å². The number of aliphatic hydroxyl groups excluding tert-OH is 1. The Morgan fingerprint density at radius 3 is 2.96 bits per heavy atom. The number of carbonyl (C=O) groups is 1. The Balaban J connectivity index is 1.77. The number of likely N-dealkylation sites (tertiary alicyclic amines) is 1. The Labute approximate surface area is 166 Å². The first-order valence-corrected chi connectivity index (χ1v) is 9.99. The van der Waals surface area contributed by atoms with Gasteiger partial charge in [-0.05, 0) is 30.2 Å². The predicted molar refractivity (Wildman–Crippen MR) is 111 cm³/mol. The zero-order valence-corrected chi connectivity index (χ0v) is 16.6. The molecule has 0 aliphatic carbocycles. The van der Waals surface area contributed by atoms with Gasteiger partial charge in [0.25, 0.3) is 5.56 Å². The van der Waals surface area contributed by atoms with Crippen LogP contribution in [0, 0.1) is 0 Å². The Kier molecular flexibility index (Phi) is 5.01. The summed E-state index contributed by atoms with van der Waals surface area (Å²) in [6, 6.07) is 5.66. The van der Waals surface area contributed by atoms with Crippen molar-refractivity contribution in [1.82, 2.24) is 14.5 Å². The first-order valence-electron chi connectivity index (χ1n) is 9.17. The zero-order chi connectivity index (χ0) is 19.8. The van der Waals surface area contributed by atoms with E-state index >= 15 is 0 Å². The number of aromatic nitrogens is 2. The fourth-order valence-electron chi connectivity index (χ4n) is 3.61. The van der Waals surface area contributed by atoms with E-state index in [-0.39, 0.29) is 17.6 Å². The highest BCUT2D eigenvalue weighted by Gasteiger charge is 2.21. The number of β-amino-alcohol motifs (C(OH)–C–C–N with tert-alkyl or cyclic N) is 1. The third-order valence-electron chi connectivity index (χ3n) is 4.90. The fraction of sp³-hybridized carbons (Fsp3) is 0.350.